The molecule has 1 aliphatic rings. The molecule has 0 atom stereocenters. The number of hydrogen-bond acceptors (Lipinski definition) is 10. The molecule has 178 valence electrons. The van der Waals surface area contributed by atoms with Gasteiger partial charge in [0.2, 0.25) is 11.6 Å². The molecule has 1 aliphatic carbocycles. The van der Waals surface area contributed by atoms with Crippen LogP contribution in [0.5, 0.6) is 5.75 Å². The zero-order valence-corrected chi connectivity index (χ0v) is 18.6. The lowest BCUT2D eigenvalue weighted by Crippen LogP contribution is -2.23. The molecular formula is C25H15N3O8. The fraction of sp³-hybridized carbons (Fsp3) is 0.0800. The van der Waals surface area contributed by atoms with Gasteiger partial charge in [-0.3, -0.25) is 19.7 Å². The molecular weight excluding hydrogens is 470 g/mol. The van der Waals surface area contributed by atoms with E-state index in [1.54, 1.807) is 36.4 Å². The van der Waals surface area contributed by atoms with Crippen molar-refractivity contribution in [2.45, 2.75) is 6.61 Å². The average molecular weight is 485 g/mol. The van der Waals surface area contributed by atoms with Crippen LogP contribution < -0.4 is 4.74 Å². The highest BCUT2D eigenvalue weighted by Crippen LogP contribution is 2.36. The maximum atomic E-state index is 13.1. The van der Waals surface area contributed by atoms with E-state index in [4.69, 9.17) is 14.0 Å². The summed E-state index contributed by atoms with van der Waals surface area (Å²) in [4.78, 5) is 53.9. The van der Waals surface area contributed by atoms with Crippen molar-refractivity contribution in [1.29, 1.82) is 0 Å². The van der Waals surface area contributed by atoms with Crippen molar-refractivity contribution >= 4 is 23.2 Å². The summed E-state index contributed by atoms with van der Waals surface area (Å²) in [6.45, 7) is -0.442. The smallest absolute Gasteiger partial charge is 0.345 e. The first-order chi connectivity index (χ1) is 17.4. The van der Waals surface area contributed by atoms with Crippen LogP contribution in [0.2, 0.25) is 0 Å². The third-order valence-electron chi connectivity index (χ3n) is 5.61. The molecule has 1 heterocycles. The summed E-state index contributed by atoms with van der Waals surface area (Å²) < 4.78 is 15.4. The van der Waals surface area contributed by atoms with Gasteiger partial charge in [-0.1, -0.05) is 29.4 Å². The Hall–Kier alpha value is -5.19. The van der Waals surface area contributed by atoms with Crippen LogP contribution in [0.3, 0.4) is 0 Å². The summed E-state index contributed by atoms with van der Waals surface area (Å²) in [5.74, 6) is -1.51. The Labute approximate surface area is 202 Å². The molecule has 11 nitrogen and oxygen atoms in total. The van der Waals surface area contributed by atoms with Crippen molar-refractivity contribution in [2.24, 2.45) is 0 Å². The number of carbonyl (C=O) groups is 3. The molecule has 0 radical (unpaired) electrons. The molecule has 5 rings (SSSR count). The lowest BCUT2D eigenvalue weighted by atomic mass is 9.82. The van der Waals surface area contributed by atoms with Gasteiger partial charge in [0.15, 0.2) is 12.4 Å². The topological polar surface area (TPSA) is 152 Å². The lowest BCUT2D eigenvalue weighted by Gasteiger charge is -2.18. The Kier molecular flexibility index (Phi) is 5.57. The summed E-state index contributed by atoms with van der Waals surface area (Å²) in [6.07, 6.45) is 0. The first-order valence-corrected chi connectivity index (χ1v) is 10.5. The number of nitro groups is 1. The molecule has 3 aromatic carbocycles. The molecule has 0 saturated carbocycles. The highest BCUT2D eigenvalue weighted by atomic mass is 16.6. The molecule has 0 saturated heterocycles. The fourth-order valence-corrected chi connectivity index (χ4v) is 3.89. The third kappa shape index (κ3) is 3.78. The zero-order chi connectivity index (χ0) is 25.4. The van der Waals surface area contributed by atoms with E-state index in [0.717, 1.165) is 6.07 Å². The van der Waals surface area contributed by atoms with Gasteiger partial charge in [-0.15, -0.1) is 0 Å². The predicted octanol–water partition coefficient (Wildman–Crippen LogP) is 3.79. The van der Waals surface area contributed by atoms with Gasteiger partial charge >= 0.3 is 5.97 Å². The maximum absolute atomic E-state index is 13.1. The van der Waals surface area contributed by atoms with E-state index in [1.165, 1.54) is 25.3 Å². The van der Waals surface area contributed by atoms with Gasteiger partial charge in [0.1, 0.15) is 16.9 Å². The van der Waals surface area contributed by atoms with Gasteiger partial charge in [-0.2, -0.15) is 4.98 Å². The number of ether oxygens (including phenoxy) is 2. The van der Waals surface area contributed by atoms with E-state index < -0.39 is 45.9 Å². The monoisotopic (exact) mass is 485 g/mol. The number of ketones is 2. The lowest BCUT2D eigenvalue weighted by molar-refractivity contribution is -0.385. The molecule has 0 bridgehead atoms. The number of nitro benzene ring substituents is 1. The summed E-state index contributed by atoms with van der Waals surface area (Å²) in [5, 5.41) is 15.7. The van der Waals surface area contributed by atoms with Crippen LogP contribution in [-0.2, 0) is 11.3 Å². The van der Waals surface area contributed by atoms with Crippen LogP contribution >= 0.6 is 0 Å². The molecule has 0 N–H and O–H groups in total. The number of rotatable bonds is 6. The minimum atomic E-state index is -1.08. The van der Waals surface area contributed by atoms with Crippen LogP contribution in [0.15, 0.2) is 65.2 Å². The van der Waals surface area contributed by atoms with Crippen LogP contribution in [0.25, 0.3) is 11.5 Å². The van der Waals surface area contributed by atoms with Crippen molar-refractivity contribution < 1.29 is 33.3 Å². The van der Waals surface area contributed by atoms with Crippen molar-refractivity contribution in [3.63, 3.8) is 0 Å². The van der Waals surface area contributed by atoms with Crippen LogP contribution in [0, 0.1) is 10.1 Å². The summed E-state index contributed by atoms with van der Waals surface area (Å²) in [6, 6.07) is 15.1. The number of carbonyl (C=O) groups excluding carboxylic acids is 3. The van der Waals surface area contributed by atoms with Gasteiger partial charge in [-0.05, 0) is 36.4 Å². The highest BCUT2D eigenvalue weighted by Gasteiger charge is 2.39. The van der Waals surface area contributed by atoms with Gasteiger partial charge < -0.3 is 14.0 Å². The normalized spacial score (nSPS) is 12.0. The highest BCUT2D eigenvalue weighted by molar-refractivity contribution is 6.30. The summed E-state index contributed by atoms with van der Waals surface area (Å²) >= 11 is 0. The standard InChI is InChI=1S/C25H15N3O8/c1-34-14-8-6-13(7-9-14)24-26-19(27-36-24)12-35-25(31)18-11-10-17-20(21(18)28(32)33)23(30)16-5-3-2-4-15(16)22(17)29/h2-11H,12H2,1H3. The number of fused-ring (bicyclic) bond motifs is 2. The van der Waals surface area contributed by atoms with E-state index in [2.05, 4.69) is 10.1 Å². The van der Waals surface area contributed by atoms with E-state index in [0.29, 0.717) is 11.3 Å². The number of aromatic nitrogens is 2. The van der Waals surface area contributed by atoms with Gasteiger partial charge in [0, 0.05) is 22.3 Å². The van der Waals surface area contributed by atoms with Crippen LogP contribution in [-0.4, -0.2) is 39.7 Å². The summed E-state index contributed by atoms with van der Waals surface area (Å²) in [5.41, 5.74) is -1.08. The van der Waals surface area contributed by atoms with Gasteiger partial charge in [-0.25, -0.2) is 4.79 Å². The minimum Gasteiger partial charge on any atom is -0.497 e. The van der Waals surface area contributed by atoms with Gasteiger partial charge in [0.05, 0.1) is 12.0 Å². The number of benzene rings is 3. The number of hydrogen-bond donors (Lipinski definition) is 0. The molecule has 0 aliphatic heterocycles. The Bertz CT molecular complexity index is 1560. The molecule has 11 heteroatoms. The van der Waals surface area contributed by atoms with E-state index in [-0.39, 0.29) is 28.4 Å². The number of methoxy groups -OCH3 is 1. The zero-order valence-electron chi connectivity index (χ0n) is 18.6. The Morgan fingerprint density at radius 3 is 2.33 bits per heavy atom. The second kappa shape index (κ2) is 8.87. The molecule has 1 aromatic heterocycles. The van der Waals surface area contributed by atoms with Crippen LogP contribution in [0.1, 0.15) is 48.0 Å². The molecule has 36 heavy (non-hydrogen) atoms. The third-order valence-corrected chi connectivity index (χ3v) is 5.61. The first-order valence-electron chi connectivity index (χ1n) is 10.5. The van der Waals surface area contributed by atoms with E-state index in [1.807, 2.05) is 0 Å². The second-order valence-electron chi connectivity index (χ2n) is 7.67. The maximum Gasteiger partial charge on any atom is 0.345 e. The Balaban J connectivity index is 1.41. The molecule has 0 fully saturated rings. The van der Waals surface area contributed by atoms with Crippen molar-refractivity contribution in [1.82, 2.24) is 10.1 Å². The van der Waals surface area contributed by atoms with E-state index >= 15 is 0 Å². The van der Waals surface area contributed by atoms with E-state index in [9.17, 15) is 24.5 Å². The van der Waals surface area contributed by atoms with Gasteiger partial charge in [0.25, 0.3) is 11.6 Å². The van der Waals surface area contributed by atoms with Crippen molar-refractivity contribution in [2.75, 3.05) is 7.11 Å². The molecule has 0 amide bonds. The molecule has 4 aromatic rings. The average Bonchev–Trinajstić information content (AvgIpc) is 3.38. The first kappa shape index (κ1) is 22.6. The molecule has 0 spiro atoms. The fourth-order valence-electron chi connectivity index (χ4n) is 3.89. The predicted molar refractivity (Wildman–Crippen MR) is 122 cm³/mol. The quantitative estimate of drug-likeness (QED) is 0.197. The Morgan fingerprint density at radius 2 is 1.67 bits per heavy atom. The van der Waals surface area contributed by atoms with Crippen molar-refractivity contribution in [3.05, 3.63) is 104 Å². The SMILES string of the molecule is COc1ccc(-c2nc(COC(=O)c3ccc4c(c3[N+](=O)[O-])C(=O)c3ccccc3C4=O)no2)cc1. The molecule has 0 unspecified atom stereocenters. The van der Waals surface area contributed by atoms with Crippen LogP contribution in [0.4, 0.5) is 5.69 Å². The largest absolute Gasteiger partial charge is 0.497 e. The minimum absolute atomic E-state index is 0.0231. The number of esters is 1. The Morgan fingerprint density at radius 1 is 0.972 bits per heavy atom. The summed E-state index contributed by atoms with van der Waals surface area (Å²) in [7, 11) is 1.54. The van der Waals surface area contributed by atoms with Crippen molar-refractivity contribution in [3.8, 4) is 17.2 Å². The number of nitrogens with zero attached hydrogens (tertiary/aromatic N) is 3. The second-order valence-corrected chi connectivity index (χ2v) is 7.67.